The van der Waals surface area contributed by atoms with Crippen LogP contribution >= 0.6 is 11.3 Å². The van der Waals surface area contributed by atoms with E-state index in [9.17, 15) is 0 Å². The van der Waals surface area contributed by atoms with Crippen molar-refractivity contribution in [1.29, 1.82) is 0 Å². The Morgan fingerprint density at radius 1 is 1.35 bits per heavy atom. The molecule has 2 heterocycles. The number of piperidine rings is 1. The molecule has 112 valence electrons. The van der Waals surface area contributed by atoms with Crippen LogP contribution in [0.4, 0.5) is 0 Å². The summed E-state index contributed by atoms with van der Waals surface area (Å²) in [5, 5.41) is 6.09. The first-order valence-corrected chi connectivity index (χ1v) is 9.22. The van der Waals surface area contributed by atoms with Crippen molar-refractivity contribution in [3.63, 3.8) is 0 Å². The molecule has 0 spiro atoms. The van der Waals surface area contributed by atoms with E-state index in [1.165, 1.54) is 58.3 Å². The van der Waals surface area contributed by atoms with E-state index >= 15 is 0 Å². The third-order valence-electron chi connectivity index (χ3n) is 4.93. The standard InChI is InChI=1S/C17H28N2S/c1-2-8-19-12-15(17-7-4-9-20-17)10-16(13-19)18-11-14-5-3-6-14/h4,7,9,14-16,18H,2-3,5-6,8,10-13H2,1H3. The van der Waals surface area contributed by atoms with Crippen molar-refractivity contribution in [2.45, 2.75) is 51.0 Å². The Morgan fingerprint density at radius 3 is 2.90 bits per heavy atom. The molecule has 1 aliphatic heterocycles. The molecule has 0 radical (unpaired) electrons. The average molecular weight is 292 g/mol. The average Bonchev–Trinajstić information content (AvgIpc) is 2.91. The number of hydrogen-bond acceptors (Lipinski definition) is 3. The summed E-state index contributed by atoms with van der Waals surface area (Å²) in [6, 6.07) is 5.23. The van der Waals surface area contributed by atoms with Crippen LogP contribution < -0.4 is 5.32 Å². The maximum atomic E-state index is 3.87. The van der Waals surface area contributed by atoms with Gasteiger partial charge in [0.15, 0.2) is 0 Å². The van der Waals surface area contributed by atoms with Crippen LogP contribution in [0, 0.1) is 5.92 Å². The lowest BCUT2D eigenvalue weighted by atomic mass is 9.85. The van der Waals surface area contributed by atoms with Gasteiger partial charge in [-0.15, -0.1) is 11.3 Å². The maximum Gasteiger partial charge on any atom is 0.0201 e. The van der Waals surface area contributed by atoms with Crippen molar-refractivity contribution in [2.24, 2.45) is 5.92 Å². The molecule has 1 N–H and O–H groups in total. The van der Waals surface area contributed by atoms with Crippen LogP contribution in [0.1, 0.15) is 49.8 Å². The van der Waals surface area contributed by atoms with Crippen molar-refractivity contribution in [3.8, 4) is 0 Å². The molecule has 2 unspecified atom stereocenters. The van der Waals surface area contributed by atoms with E-state index in [-0.39, 0.29) is 0 Å². The monoisotopic (exact) mass is 292 g/mol. The second kappa shape index (κ2) is 7.06. The van der Waals surface area contributed by atoms with Gasteiger partial charge < -0.3 is 10.2 Å². The molecular weight excluding hydrogens is 264 g/mol. The molecule has 3 heteroatoms. The molecule has 3 rings (SSSR count). The maximum absolute atomic E-state index is 3.87. The highest BCUT2D eigenvalue weighted by Crippen LogP contribution is 2.31. The summed E-state index contributed by atoms with van der Waals surface area (Å²) in [5.74, 6) is 1.71. The summed E-state index contributed by atoms with van der Waals surface area (Å²) < 4.78 is 0. The number of nitrogens with one attached hydrogen (secondary N) is 1. The van der Waals surface area contributed by atoms with E-state index in [0.717, 1.165) is 11.8 Å². The zero-order valence-corrected chi connectivity index (χ0v) is 13.5. The second-order valence-corrected chi connectivity index (χ2v) is 7.59. The van der Waals surface area contributed by atoms with E-state index < -0.39 is 0 Å². The van der Waals surface area contributed by atoms with Gasteiger partial charge >= 0.3 is 0 Å². The van der Waals surface area contributed by atoms with Crippen molar-refractivity contribution in [3.05, 3.63) is 22.4 Å². The normalized spacial score (nSPS) is 28.4. The summed E-state index contributed by atoms with van der Waals surface area (Å²) in [5.41, 5.74) is 0. The van der Waals surface area contributed by atoms with Crippen LogP contribution in [0.25, 0.3) is 0 Å². The molecule has 20 heavy (non-hydrogen) atoms. The fraction of sp³-hybridized carbons (Fsp3) is 0.765. The fourth-order valence-electron chi connectivity index (χ4n) is 3.60. The van der Waals surface area contributed by atoms with Crippen LogP contribution in [-0.2, 0) is 0 Å². The first-order chi connectivity index (χ1) is 9.85. The quantitative estimate of drug-likeness (QED) is 0.860. The first-order valence-electron chi connectivity index (χ1n) is 8.34. The SMILES string of the molecule is CCCN1CC(NCC2CCC2)CC(c2cccs2)C1. The van der Waals surface area contributed by atoms with Gasteiger partial charge in [-0.25, -0.2) is 0 Å². The fourth-order valence-corrected chi connectivity index (χ4v) is 4.43. The van der Waals surface area contributed by atoms with Crippen LogP contribution in [0.3, 0.4) is 0 Å². The van der Waals surface area contributed by atoms with Gasteiger partial charge in [-0.05, 0) is 56.1 Å². The summed E-state index contributed by atoms with van der Waals surface area (Å²) in [6.45, 7) is 7.31. The van der Waals surface area contributed by atoms with Gasteiger partial charge in [-0.2, -0.15) is 0 Å². The topological polar surface area (TPSA) is 15.3 Å². The van der Waals surface area contributed by atoms with E-state index in [1.807, 2.05) is 11.3 Å². The van der Waals surface area contributed by atoms with E-state index in [1.54, 1.807) is 4.88 Å². The third kappa shape index (κ3) is 3.63. The molecule has 2 atom stereocenters. The smallest absolute Gasteiger partial charge is 0.0201 e. The second-order valence-electron chi connectivity index (χ2n) is 6.61. The highest BCUT2D eigenvalue weighted by molar-refractivity contribution is 7.10. The summed E-state index contributed by atoms with van der Waals surface area (Å²) >= 11 is 1.94. The minimum atomic E-state index is 0.697. The van der Waals surface area contributed by atoms with Crippen molar-refractivity contribution in [1.82, 2.24) is 10.2 Å². The predicted octanol–water partition coefficient (Wildman–Crippen LogP) is 3.71. The molecule has 1 aromatic rings. The Hall–Kier alpha value is -0.380. The summed E-state index contributed by atoms with van der Waals surface area (Å²) in [7, 11) is 0. The molecule has 1 saturated heterocycles. The first kappa shape index (κ1) is 14.6. The van der Waals surface area contributed by atoms with Gasteiger partial charge in [-0.1, -0.05) is 19.4 Å². The summed E-state index contributed by atoms with van der Waals surface area (Å²) in [6.07, 6.45) is 6.95. The number of rotatable bonds is 6. The Bertz CT molecular complexity index is 386. The minimum Gasteiger partial charge on any atom is -0.312 e. The summed E-state index contributed by atoms with van der Waals surface area (Å²) in [4.78, 5) is 4.26. The van der Waals surface area contributed by atoms with Gasteiger partial charge in [0.1, 0.15) is 0 Å². The van der Waals surface area contributed by atoms with Crippen LogP contribution in [-0.4, -0.2) is 37.1 Å². The lowest BCUT2D eigenvalue weighted by molar-refractivity contribution is 0.163. The minimum absolute atomic E-state index is 0.697. The Morgan fingerprint density at radius 2 is 2.25 bits per heavy atom. The molecule has 2 aliphatic rings. The van der Waals surface area contributed by atoms with Gasteiger partial charge in [0.25, 0.3) is 0 Å². The van der Waals surface area contributed by atoms with Gasteiger partial charge in [0.2, 0.25) is 0 Å². The van der Waals surface area contributed by atoms with E-state index in [4.69, 9.17) is 0 Å². The lowest BCUT2D eigenvalue weighted by Crippen LogP contribution is -2.49. The molecule has 1 aromatic heterocycles. The van der Waals surface area contributed by atoms with Crippen LogP contribution in [0.2, 0.25) is 0 Å². The number of nitrogens with zero attached hydrogens (tertiary/aromatic N) is 1. The van der Waals surface area contributed by atoms with Gasteiger partial charge in [-0.3, -0.25) is 0 Å². The third-order valence-corrected chi connectivity index (χ3v) is 5.97. The Labute approximate surface area is 127 Å². The molecule has 1 aliphatic carbocycles. The van der Waals surface area contributed by atoms with Crippen molar-refractivity contribution in [2.75, 3.05) is 26.2 Å². The Kier molecular flexibility index (Phi) is 5.14. The van der Waals surface area contributed by atoms with E-state index in [0.29, 0.717) is 6.04 Å². The number of thiophene rings is 1. The molecule has 0 aromatic carbocycles. The van der Waals surface area contributed by atoms with Crippen molar-refractivity contribution >= 4 is 11.3 Å². The zero-order chi connectivity index (χ0) is 13.8. The zero-order valence-electron chi connectivity index (χ0n) is 12.7. The number of hydrogen-bond donors (Lipinski definition) is 1. The molecule has 2 nitrogen and oxygen atoms in total. The molecule has 0 bridgehead atoms. The van der Waals surface area contributed by atoms with Crippen molar-refractivity contribution < 1.29 is 0 Å². The molecule has 2 fully saturated rings. The molecule has 0 amide bonds. The van der Waals surface area contributed by atoms with Crippen LogP contribution in [0.15, 0.2) is 17.5 Å². The van der Waals surface area contributed by atoms with Gasteiger partial charge in [0, 0.05) is 29.9 Å². The van der Waals surface area contributed by atoms with Gasteiger partial charge in [0.05, 0.1) is 0 Å². The lowest BCUT2D eigenvalue weighted by Gasteiger charge is -2.39. The van der Waals surface area contributed by atoms with Crippen LogP contribution in [0.5, 0.6) is 0 Å². The molecule has 1 saturated carbocycles. The Balaban J connectivity index is 1.57. The predicted molar refractivity (Wildman–Crippen MR) is 87.5 cm³/mol. The molecular formula is C17H28N2S. The van der Waals surface area contributed by atoms with E-state index in [2.05, 4.69) is 34.7 Å². The highest BCUT2D eigenvalue weighted by Gasteiger charge is 2.29. The number of likely N-dealkylation sites (tertiary alicyclic amines) is 1. The highest BCUT2D eigenvalue weighted by atomic mass is 32.1. The largest absolute Gasteiger partial charge is 0.312 e.